The number of hydrogen-bond acceptors (Lipinski definition) is 3. The zero-order valence-electron chi connectivity index (χ0n) is 8.69. The first-order chi connectivity index (χ1) is 7.27. The zero-order valence-corrected chi connectivity index (χ0v) is 8.69. The van der Waals surface area contributed by atoms with E-state index in [1.54, 1.807) is 0 Å². The van der Waals surface area contributed by atoms with E-state index >= 15 is 0 Å². The molecule has 0 aromatic heterocycles. The molecule has 1 aromatic rings. The summed E-state index contributed by atoms with van der Waals surface area (Å²) in [5.74, 6) is 4.81. The highest BCUT2D eigenvalue weighted by molar-refractivity contribution is 5.98. The summed E-state index contributed by atoms with van der Waals surface area (Å²) in [6.07, 6.45) is -0.902. The summed E-state index contributed by atoms with van der Waals surface area (Å²) >= 11 is 0. The molecule has 0 heterocycles. The fourth-order valence-corrected chi connectivity index (χ4v) is 1.02. The molecule has 1 rings (SSSR count). The van der Waals surface area contributed by atoms with Gasteiger partial charge in [0.05, 0.1) is 0 Å². The number of ketones is 1. The van der Waals surface area contributed by atoms with Gasteiger partial charge in [-0.2, -0.15) is 0 Å². The van der Waals surface area contributed by atoms with Crippen LogP contribution in [0.5, 0.6) is 0 Å². The van der Waals surface area contributed by atoms with Crippen LogP contribution in [0.3, 0.4) is 0 Å². The number of methoxy groups -OCH3 is 2. The Morgan fingerprint density at radius 3 is 2.33 bits per heavy atom. The molecule has 0 fully saturated rings. The summed E-state index contributed by atoms with van der Waals surface area (Å²) in [5.41, 5.74) is 0.789. The van der Waals surface area contributed by atoms with Crippen LogP contribution in [0.4, 0.5) is 0 Å². The SMILES string of the molecule is COC(OC)C(=O)C#Cc1ccccc1. The van der Waals surface area contributed by atoms with Crippen molar-refractivity contribution in [3.63, 3.8) is 0 Å². The van der Waals surface area contributed by atoms with Gasteiger partial charge < -0.3 is 9.47 Å². The predicted octanol–water partition coefficient (Wildman–Crippen LogP) is 1.23. The molecule has 0 N–H and O–H groups in total. The maximum absolute atomic E-state index is 11.4. The number of carbonyl (C=O) groups excluding carboxylic acids is 1. The molecule has 3 nitrogen and oxygen atoms in total. The Bertz CT molecular complexity index is 369. The second kappa shape index (κ2) is 5.97. The van der Waals surface area contributed by atoms with Crippen LogP contribution in [0.15, 0.2) is 30.3 Å². The Balaban J connectivity index is 2.70. The molecular formula is C12H12O3. The molecule has 3 heteroatoms. The molecule has 0 radical (unpaired) electrons. The molecule has 0 saturated carbocycles. The highest BCUT2D eigenvalue weighted by atomic mass is 16.7. The van der Waals surface area contributed by atoms with Crippen molar-refractivity contribution in [3.05, 3.63) is 35.9 Å². The van der Waals surface area contributed by atoms with Crippen molar-refractivity contribution in [1.82, 2.24) is 0 Å². The molecule has 0 aliphatic heterocycles. The van der Waals surface area contributed by atoms with Gasteiger partial charge in [0, 0.05) is 19.8 Å². The van der Waals surface area contributed by atoms with Crippen molar-refractivity contribution in [2.45, 2.75) is 6.29 Å². The van der Waals surface area contributed by atoms with Crippen molar-refractivity contribution in [2.24, 2.45) is 0 Å². The fourth-order valence-electron chi connectivity index (χ4n) is 1.02. The van der Waals surface area contributed by atoms with Gasteiger partial charge in [-0.05, 0) is 18.1 Å². The van der Waals surface area contributed by atoms with Gasteiger partial charge in [0.2, 0.25) is 6.29 Å². The highest BCUT2D eigenvalue weighted by Gasteiger charge is 2.13. The first kappa shape index (κ1) is 11.4. The fraction of sp³-hybridized carbons (Fsp3) is 0.250. The Morgan fingerprint density at radius 2 is 1.80 bits per heavy atom. The number of Topliss-reactive ketones (excluding diaryl/α,β-unsaturated/α-hetero) is 1. The minimum absolute atomic E-state index is 0.385. The molecule has 0 saturated heterocycles. The van der Waals surface area contributed by atoms with Crippen LogP contribution in [-0.2, 0) is 14.3 Å². The summed E-state index contributed by atoms with van der Waals surface area (Å²) in [5, 5.41) is 0. The summed E-state index contributed by atoms with van der Waals surface area (Å²) in [6, 6.07) is 9.27. The lowest BCUT2D eigenvalue weighted by Gasteiger charge is -2.06. The van der Waals surface area contributed by atoms with Gasteiger partial charge in [-0.15, -0.1) is 0 Å². The van der Waals surface area contributed by atoms with Gasteiger partial charge in [0.25, 0.3) is 5.78 Å². The van der Waals surface area contributed by atoms with Crippen molar-refractivity contribution in [1.29, 1.82) is 0 Å². The molecular weight excluding hydrogens is 192 g/mol. The number of hydrogen-bond donors (Lipinski definition) is 0. The normalized spacial score (nSPS) is 9.53. The van der Waals surface area contributed by atoms with E-state index in [4.69, 9.17) is 9.47 Å². The van der Waals surface area contributed by atoms with Crippen molar-refractivity contribution < 1.29 is 14.3 Å². The van der Waals surface area contributed by atoms with E-state index in [0.717, 1.165) is 5.56 Å². The standard InChI is InChI=1S/C12H12O3/c1-14-12(15-2)11(13)9-8-10-6-4-3-5-7-10/h3-7,12H,1-2H3. The Kier molecular flexibility index (Phi) is 4.55. The summed E-state index contributed by atoms with van der Waals surface area (Å²) in [7, 11) is 2.80. The maximum Gasteiger partial charge on any atom is 0.261 e. The second-order valence-corrected chi connectivity index (χ2v) is 2.78. The lowest BCUT2D eigenvalue weighted by Crippen LogP contribution is -2.23. The van der Waals surface area contributed by atoms with Gasteiger partial charge in [-0.3, -0.25) is 4.79 Å². The van der Waals surface area contributed by atoms with Crippen LogP contribution in [0.1, 0.15) is 5.56 Å². The Labute approximate surface area is 89.0 Å². The number of benzene rings is 1. The van der Waals surface area contributed by atoms with Gasteiger partial charge in [-0.25, -0.2) is 0 Å². The van der Waals surface area contributed by atoms with Crippen molar-refractivity contribution in [2.75, 3.05) is 14.2 Å². The van der Waals surface area contributed by atoms with Crippen LogP contribution in [0.2, 0.25) is 0 Å². The molecule has 15 heavy (non-hydrogen) atoms. The van der Waals surface area contributed by atoms with Gasteiger partial charge in [0.1, 0.15) is 0 Å². The maximum atomic E-state index is 11.4. The van der Waals surface area contributed by atoms with Crippen LogP contribution in [0, 0.1) is 11.8 Å². The van der Waals surface area contributed by atoms with E-state index in [2.05, 4.69) is 11.8 Å². The molecule has 0 aliphatic carbocycles. The molecule has 0 spiro atoms. The number of rotatable bonds is 3. The van der Waals surface area contributed by atoms with Crippen LogP contribution in [0.25, 0.3) is 0 Å². The first-order valence-corrected chi connectivity index (χ1v) is 4.44. The third-order valence-electron chi connectivity index (χ3n) is 1.75. The Morgan fingerprint density at radius 1 is 1.20 bits per heavy atom. The van der Waals surface area contributed by atoms with Crippen LogP contribution >= 0.6 is 0 Å². The van der Waals surface area contributed by atoms with Crippen molar-refractivity contribution >= 4 is 5.78 Å². The minimum Gasteiger partial charge on any atom is -0.349 e. The molecule has 0 aliphatic rings. The molecule has 0 bridgehead atoms. The summed E-state index contributed by atoms with van der Waals surface area (Å²) < 4.78 is 9.55. The first-order valence-electron chi connectivity index (χ1n) is 4.44. The van der Waals surface area contributed by atoms with E-state index in [1.165, 1.54) is 14.2 Å². The van der Waals surface area contributed by atoms with E-state index in [0.29, 0.717) is 0 Å². The third kappa shape index (κ3) is 3.55. The number of ether oxygens (including phenoxy) is 2. The topological polar surface area (TPSA) is 35.5 Å². The monoisotopic (exact) mass is 204 g/mol. The summed E-state index contributed by atoms with van der Waals surface area (Å²) in [6.45, 7) is 0. The number of carbonyl (C=O) groups is 1. The Hall–Kier alpha value is -1.63. The van der Waals surface area contributed by atoms with Gasteiger partial charge >= 0.3 is 0 Å². The van der Waals surface area contributed by atoms with Gasteiger partial charge in [0.15, 0.2) is 0 Å². The average molecular weight is 204 g/mol. The van der Waals surface area contributed by atoms with Crippen LogP contribution in [-0.4, -0.2) is 26.3 Å². The highest BCUT2D eigenvalue weighted by Crippen LogP contribution is 1.96. The van der Waals surface area contributed by atoms with E-state index in [-0.39, 0.29) is 5.78 Å². The molecule has 78 valence electrons. The minimum atomic E-state index is -0.902. The molecule has 0 unspecified atom stereocenters. The quantitative estimate of drug-likeness (QED) is 0.548. The largest absolute Gasteiger partial charge is 0.349 e. The van der Waals surface area contributed by atoms with Crippen molar-refractivity contribution in [3.8, 4) is 11.8 Å². The summed E-state index contributed by atoms with van der Waals surface area (Å²) in [4.78, 5) is 11.4. The van der Waals surface area contributed by atoms with E-state index in [1.807, 2.05) is 30.3 Å². The third-order valence-corrected chi connectivity index (χ3v) is 1.75. The molecule has 1 aromatic carbocycles. The predicted molar refractivity (Wildman–Crippen MR) is 56.1 cm³/mol. The van der Waals surface area contributed by atoms with E-state index < -0.39 is 6.29 Å². The molecule has 0 atom stereocenters. The average Bonchev–Trinajstić information content (AvgIpc) is 2.29. The van der Waals surface area contributed by atoms with Gasteiger partial charge in [-0.1, -0.05) is 24.1 Å². The lowest BCUT2D eigenvalue weighted by molar-refractivity contribution is -0.150. The molecule has 0 amide bonds. The zero-order chi connectivity index (χ0) is 11.1. The smallest absolute Gasteiger partial charge is 0.261 e. The van der Waals surface area contributed by atoms with Crippen LogP contribution < -0.4 is 0 Å². The second-order valence-electron chi connectivity index (χ2n) is 2.78. The lowest BCUT2D eigenvalue weighted by atomic mass is 10.2. The van der Waals surface area contributed by atoms with E-state index in [9.17, 15) is 4.79 Å².